The predicted octanol–water partition coefficient (Wildman–Crippen LogP) is 5.53. The second kappa shape index (κ2) is 8.74. The summed E-state index contributed by atoms with van der Waals surface area (Å²) in [5.41, 5.74) is 0.372. The van der Waals surface area contributed by atoms with Gasteiger partial charge in [0.2, 0.25) is 0 Å². The number of halogens is 3. The molecule has 1 aromatic carbocycles. The second-order valence-electron chi connectivity index (χ2n) is 6.59. The maximum absolute atomic E-state index is 12.5. The zero-order valence-electron chi connectivity index (χ0n) is 15.1. The van der Waals surface area contributed by atoms with Gasteiger partial charge in [-0.3, -0.25) is 9.69 Å². The van der Waals surface area contributed by atoms with Gasteiger partial charge >= 0.3 is 0 Å². The Hall–Kier alpha value is -1.73. The summed E-state index contributed by atoms with van der Waals surface area (Å²) in [5, 5.41) is 4.37. The van der Waals surface area contributed by atoms with Crippen LogP contribution < -0.4 is 10.1 Å². The number of nitrogens with zero attached hydrogens (tertiary/aromatic N) is 1. The number of furan rings is 1. The lowest BCUT2D eigenvalue weighted by Gasteiger charge is -2.15. The predicted molar refractivity (Wildman–Crippen MR) is 115 cm³/mol. The first-order valence-electron chi connectivity index (χ1n) is 8.45. The maximum atomic E-state index is 12.5. The molecule has 2 aromatic rings. The van der Waals surface area contributed by atoms with E-state index in [-0.39, 0.29) is 12.5 Å². The number of benzene rings is 1. The SMILES string of the molecule is CC(C)CN1C(=O)/C(=C\c2ccc(COc3c(Cl)cc(Cl)cc3Cl)o2)NC1=S. The van der Waals surface area contributed by atoms with Gasteiger partial charge in [0.25, 0.3) is 5.91 Å². The monoisotopic (exact) mass is 458 g/mol. The molecule has 1 fully saturated rings. The largest absolute Gasteiger partial charge is 0.483 e. The van der Waals surface area contributed by atoms with Crippen LogP contribution >= 0.6 is 47.0 Å². The van der Waals surface area contributed by atoms with Crippen LogP contribution in [-0.2, 0) is 11.4 Å². The van der Waals surface area contributed by atoms with Crippen molar-refractivity contribution < 1.29 is 13.9 Å². The first-order valence-corrected chi connectivity index (χ1v) is 9.99. The number of carbonyl (C=O) groups is 1. The zero-order valence-corrected chi connectivity index (χ0v) is 18.2. The van der Waals surface area contributed by atoms with Crippen LogP contribution in [0.2, 0.25) is 15.1 Å². The van der Waals surface area contributed by atoms with Gasteiger partial charge in [-0.1, -0.05) is 48.7 Å². The lowest BCUT2D eigenvalue weighted by Crippen LogP contribution is -2.33. The molecule has 3 rings (SSSR count). The lowest BCUT2D eigenvalue weighted by molar-refractivity contribution is -0.122. The van der Waals surface area contributed by atoms with E-state index < -0.39 is 0 Å². The van der Waals surface area contributed by atoms with Crippen molar-refractivity contribution in [1.82, 2.24) is 10.2 Å². The minimum Gasteiger partial charge on any atom is -0.483 e. The molecular formula is C19H17Cl3N2O3S. The van der Waals surface area contributed by atoms with Crippen molar-refractivity contribution in [1.29, 1.82) is 0 Å². The summed E-state index contributed by atoms with van der Waals surface area (Å²) in [4.78, 5) is 14.0. The van der Waals surface area contributed by atoms with E-state index in [1.165, 1.54) is 0 Å². The van der Waals surface area contributed by atoms with E-state index >= 15 is 0 Å². The number of amides is 1. The first-order chi connectivity index (χ1) is 13.2. The molecule has 0 radical (unpaired) electrons. The minimum absolute atomic E-state index is 0.115. The van der Waals surface area contributed by atoms with E-state index in [1.807, 2.05) is 13.8 Å². The van der Waals surface area contributed by atoms with Gasteiger partial charge < -0.3 is 14.5 Å². The number of ether oxygens (including phenoxy) is 1. The summed E-state index contributed by atoms with van der Waals surface area (Å²) in [6.07, 6.45) is 1.61. The molecule has 2 heterocycles. The molecule has 0 saturated carbocycles. The van der Waals surface area contributed by atoms with Gasteiger partial charge in [-0.2, -0.15) is 0 Å². The average molecular weight is 460 g/mol. The molecule has 148 valence electrons. The van der Waals surface area contributed by atoms with Gasteiger partial charge in [0, 0.05) is 17.6 Å². The van der Waals surface area contributed by atoms with Crippen LogP contribution in [0.3, 0.4) is 0 Å². The van der Waals surface area contributed by atoms with Crippen molar-refractivity contribution in [3.8, 4) is 5.75 Å². The molecular weight excluding hydrogens is 443 g/mol. The van der Waals surface area contributed by atoms with Crippen molar-refractivity contribution in [2.24, 2.45) is 5.92 Å². The highest BCUT2D eigenvalue weighted by atomic mass is 35.5. The summed E-state index contributed by atoms with van der Waals surface area (Å²) in [7, 11) is 0. The fourth-order valence-corrected chi connectivity index (χ4v) is 3.80. The Morgan fingerprint density at radius 3 is 2.57 bits per heavy atom. The molecule has 28 heavy (non-hydrogen) atoms. The summed E-state index contributed by atoms with van der Waals surface area (Å²) in [5.74, 6) is 1.50. The fourth-order valence-electron chi connectivity index (χ4n) is 2.60. The highest BCUT2D eigenvalue weighted by Gasteiger charge is 2.31. The van der Waals surface area contributed by atoms with E-state index in [4.69, 9.17) is 56.2 Å². The molecule has 9 heteroatoms. The van der Waals surface area contributed by atoms with Crippen LogP contribution in [0.25, 0.3) is 6.08 Å². The Morgan fingerprint density at radius 2 is 1.93 bits per heavy atom. The third-order valence-corrected chi connectivity index (χ3v) is 4.90. The number of rotatable bonds is 6. The van der Waals surface area contributed by atoms with Crippen molar-refractivity contribution in [2.75, 3.05) is 6.54 Å². The molecule has 1 aromatic heterocycles. The Kier molecular flexibility index (Phi) is 6.55. The highest BCUT2D eigenvalue weighted by molar-refractivity contribution is 7.80. The Labute approximate surface area is 183 Å². The summed E-state index contributed by atoms with van der Waals surface area (Å²) >= 11 is 23.3. The molecule has 0 aliphatic carbocycles. The van der Waals surface area contributed by atoms with Crippen LogP contribution in [0.15, 0.2) is 34.4 Å². The summed E-state index contributed by atoms with van der Waals surface area (Å²) in [6, 6.07) is 6.57. The van der Waals surface area contributed by atoms with Gasteiger partial charge in [-0.25, -0.2) is 0 Å². The fraction of sp³-hybridized carbons (Fsp3) is 0.263. The number of hydrogen-bond acceptors (Lipinski definition) is 4. The molecule has 0 unspecified atom stereocenters. The molecule has 1 N–H and O–H groups in total. The van der Waals surface area contributed by atoms with E-state index in [0.29, 0.717) is 55.6 Å². The Balaban J connectivity index is 1.69. The quantitative estimate of drug-likeness (QED) is 0.454. The van der Waals surface area contributed by atoms with Gasteiger partial charge in [-0.15, -0.1) is 0 Å². The molecule has 0 spiro atoms. The van der Waals surface area contributed by atoms with E-state index in [2.05, 4.69) is 5.32 Å². The molecule has 5 nitrogen and oxygen atoms in total. The van der Waals surface area contributed by atoms with Crippen molar-refractivity contribution in [3.05, 3.63) is 56.6 Å². The molecule has 0 atom stereocenters. The number of hydrogen-bond donors (Lipinski definition) is 1. The van der Waals surface area contributed by atoms with Gasteiger partial charge in [0.1, 0.15) is 23.8 Å². The molecule has 1 aliphatic rings. The molecule has 1 amide bonds. The Bertz CT molecular complexity index is 933. The lowest BCUT2D eigenvalue weighted by atomic mass is 10.2. The van der Waals surface area contributed by atoms with Crippen molar-refractivity contribution in [2.45, 2.75) is 20.5 Å². The summed E-state index contributed by atoms with van der Waals surface area (Å²) in [6.45, 7) is 4.72. The van der Waals surface area contributed by atoms with Crippen LogP contribution in [0.4, 0.5) is 0 Å². The van der Waals surface area contributed by atoms with Crippen molar-refractivity contribution in [3.63, 3.8) is 0 Å². The smallest absolute Gasteiger partial charge is 0.276 e. The number of thiocarbonyl (C=S) groups is 1. The number of carbonyl (C=O) groups excluding carboxylic acids is 1. The maximum Gasteiger partial charge on any atom is 0.276 e. The van der Waals surface area contributed by atoms with Crippen LogP contribution in [0.1, 0.15) is 25.4 Å². The van der Waals surface area contributed by atoms with Crippen LogP contribution in [0.5, 0.6) is 5.75 Å². The topological polar surface area (TPSA) is 54.7 Å². The van der Waals surface area contributed by atoms with Crippen molar-refractivity contribution >= 4 is 64.1 Å². The third-order valence-electron chi connectivity index (χ3n) is 3.80. The standard InChI is InChI=1S/C19H17Cl3N2O3S/c1-10(2)8-24-18(25)16(23-19(24)28)7-12-3-4-13(27-12)9-26-17-14(21)5-11(20)6-15(17)22/h3-7,10H,8-9H2,1-2H3,(H,23,28)/b16-7+. The zero-order chi connectivity index (χ0) is 20.4. The Morgan fingerprint density at radius 1 is 1.25 bits per heavy atom. The molecule has 1 aliphatic heterocycles. The van der Waals surface area contributed by atoms with E-state index in [0.717, 1.165) is 0 Å². The third kappa shape index (κ3) is 4.81. The van der Waals surface area contributed by atoms with E-state index in [9.17, 15) is 4.79 Å². The number of nitrogens with one attached hydrogen (secondary N) is 1. The van der Waals surface area contributed by atoms with E-state index in [1.54, 1.807) is 35.2 Å². The summed E-state index contributed by atoms with van der Waals surface area (Å²) < 4.78 is 11.3. The normalized spacial score (nSPS) is 15.6. The van der Waals surface area contributed by atoms with Gasteiger partial charge in [0.15, 0.2) is 10.9 Å². The molecule has 0 bridgehead atoms. The minimum atomic E-state index is -0.173. The van der Waals surface area contributed by atoms with Crippen LogP contribution in [-0.4, -0.2) is 22.5 Å². The average Bonchev–Trinajstić information content (AvgIpc) is 3.14. The second-order valence-corrected chi connectivity index (χ2v) is 8.23. The van der Waals surface area contributed by atoms with Crippen LogP contribution in [0, 0.1) is 5.92 Å². The van der Waals surface area contributed by atoms with Gasteiger partial charge in [-0.05, 0) is 42.4 Å². The highest BCUT2D eigenvalue weighted by Crippen LogP contribution is 2.36. The van der Waals surface area contributed by atoms with Gasteiger partial charge in [0.05, 0.1) is 10.0 Å². The molecule has 1 saturated heterocycles. The first kappa shape index (κ1) is 21.0.